The van der Waals surface area contributed by atoms with E-state index in [2.05, 4.69) is 52.7 Å². The molecule has 1 N–H and O–H groups in total. The van der Waals surface area contributed by atoms with E-state index in [4.69, 9.17) is 0 Å². The SMILES string of the molecule is CC(NCCc1cccc2cccnc12)c1ccnn1C. The molecule has 3 aromatic rings. The molecule has 4 nitrogen and oxygen atoms in total. The summed E-state index contributed by atoms with van der Waals surface area (Å²) in [6.07, 6.45) is 4.66. The van der Waals surface area contributed by atoms with Crippen molar-refractivity contribution in [1.82, 2.24) is 20.1 Å². The standard InChI is InChI=1S/C17H20N4/c1-13(16-9-12-20-21(16)2)18-11-8-15-6-3-5-14-7-4-10-19-17(14)15/h3-7,9-10,12-13,18H,8,11H2,1-2H3. The van der Waals surface area contributed by atoms with Crippen molar-refractivity contribution >= 4 is 10.9 Å². The Balaban J connectivity index is 1.66. The van der Waals surface area contributed by atoms with Gasteiger partial charge in [-0.2, -0.15) is 5.10 Å². The van der Waals surface area contributed by atoms with E-state index in [1.807, 2.05) is 30.2 Å². The monoisotopic (exact) mass is 280 g/mol. The summed E-state index contributed by atoms with van der Waals surface area (Å²) < 4.78 is 1.91. The molecule has 1 unspecified atom stereocenters. The van der Waals surface area contributed by atoms with Gasteiger partial charge in [-0.15, -0.1) is 0 Å². The van der Waals surface area contributed by atoms with Crippen LogP contribution in [0.25, 0.3) is 10.9 Å². The second-order valence-corrected chi connectivity index (χ2v) is 5.30. The Morgan fingerprint density at radius 3 is 2.81 bits per heavy atom. The summed E-state index contributed by atoms with van der Waals surface area (Å²) >= 11 is 0. The fourth-order valence-corrected chi connectivity index (χ4v) is 2.71. The minimum Gasteiger partial charge on any atom is -0.309 e. The summed E-state index contributed by atoms with van der Waals surface area (Å²) in [4.78, 5) is 4.50. The van der Waals surface area contributed by atoms with Gasteiger partial charge < -0.3 is 5.32 Å². The minimum atomic E-state index is 0.292. The molecule has 3 rings (SSSR count). The Morgan fingerprint density at radius 1 is 1.14 bits per heavy atom. The highest BCUT2D eigenvalue weighted by atomic mass is 15.3. The van der Waals surface area contributed by atoms with Gasteiger partial charge >= 0.3 is 0 Å². The largest absolute Gasteiger partial charge is 0.309 e. The first kappa shape index (κ1) is 13.8. The zero-order valence-corrected chi connectivity index (χ0v) is 12.5. The lowest BCUT2D eigenvalue weighted by Gasteiger charge is -2.14. The molecule has 4 heteroatoms. The summed E-state index contributed by atoms with van der Waals surface area (Å²) in [5.41, 5.74) is 3.60. The van der Waals surface area contributed by atoms with E-state index < -0.39 is 0 Å². The van der Waals surface area contributed by atoms with Gasteiger partial charge in [0.1, 0.15) is 0 Å². The van der Waals surface area contributed by atoms with E-state index in [0.717, 1.165) is 18.5 Å². The van der Waals surface area contributed by atoms with Gasteiger partial charge in [-0.3, -0.25) is 9.67 Å². The maximum absolute atomic E-state index is 4.50. The molecule has 0 fully saturated rings. The topological polar surface area (TPSA) is 42.7 Å². The van der Waals surface area contributed by atoms with E-state index >= 15 is 0 Å². The molecule has 0 bridgehead atoms. The molecule has 21 heavy (non-hydrogen) atoms. The Kier molecular flexibility index (Phi) is 3.97. The van der Waals surface area contributed by atoms with E-state index in [9.17, 15) is 0 Å². The summed E-state index contributed by atoms with van der Waals surface area (Å²) in [6.45, 7) is 3.08. The van der Waals surface area contributed by atoms with Gasteiger partial charge in [0.15, 0.2) is 0 Å². The first-order valence-corrected chi connectivity index (χ1v) is 7.29. The van der Waals surface area contributed by atoms with Crippen LogP contribution in [0.15, 0.2) is 48.8 Å². The summed E-state index contributed by atoms with van der Waals surface area (Å²) in [5.74, 6) is 0. The first-order valence-electron chi connectivity index (χ1n) is 7.29. The van der Waals surface area contributed by atoms with Crippen molar-refractivity contribution in [2.45, 2.75) is 19.4 Å². The number of aryl methyl sites for hydroxylation is 1. The maximum atomic E-state index is 4.50. The molecule has 1 atom stereocenters. The Hall–Kier alpha value is -2.20. The number of aromatic nitrogens is 3. The Labute approximate surface area is 124 Å². The normalized spacial score (nSPS) is 12.7. The van der Waals surface area contributed by atoms with Crippen LogP contribution in [0.2, 0.25) is 0 Å². The number of benzene rings is 1. The number of nitrogens with one attached hydrogen (secondary N) is 1. The third kappa shape index (κ3) is 2.95. The Morgan fingerprint density at radius 2 is 2.00 bits per heavy atom. The predicted molar refractivity (Wildman–Crippen MR) is 85.1 cm³/mol. The molecule has 0 saturated heterocycles. The molecule has 1 aromatic carbocycles. The van der Waals surface area contributed by atoms with E-state index in [1.165, 1.54) is 16.6 Å². The van der Waals surface area contributed by atoms with Crippen LogP contribution in [0.5, 0.6) is 0 Å². The van der Waals surface area contributed by atoms with Crippen LogP contribution < -0.4 is 5.32 Å². The number of pyridine rings is 1. The molecular weight excluding hydrogens is 260 g/mol. The van der Waals surface area contributed by atoms with Crippen LogP contribution in [0, 0.1) is 0 Å². The second kappa shape index (κ2) is 6.06. The zero-order valence-electron chi connectivity index (χ0n) is 12.5. The highest BCUT2D eigenvalue weighted by Crippen LogP contribution is 2.16. The smallest absolute Gasteiger partial charge is 0.0734 e. The van der Waals surface area contributed by atoms with Crippen LogP contribution >= 0.6 is 0 Å². The number of nitrogens with zero attached hydrogens (tertiary/aromatic N) is 3. The number of hydrogen-bond acceptors (Lipinski definition) is 3. The predicted octanol–water partition coefficient (Wildman–Crippen LogP) is 2.86. The fourth-order valence-electron chi connectivity index (χ4n) is 2.71. The van der Waals surface area contributed by atoms with Gasteiger partial charge in [0.05, 0.1) is 11.2 Å². The number of para-hydroxylation sites is 1. The van der Waals surface area contributed by atoms with Gasteiger partial charge in [0.25, 0.3) is 0 Å². The van der Waals surface area contributed by atoms with Gasteiger partial charge in [-0.1, -0.05) is 24.3 Å². The number of hydrogen-bond donors (Lipinski definition) is 1. The molecule has 2 aromatic heterocycles. The molecule has 0 spiro atoms. The average molecular weight is 280 g/mol. The molecule has 0 radical (unpaired) electrons. The van der Waals surface area contributed by atoms with Gasteiger partial charge in [0, 0.05) is 30.9 Å². The van der Waals surface area contributed by atoms with Gasteiger partial charge in [-0.05, 0) is 37.6 Å². The van der Waals surface area contributed by atoms with Gasteiger partial charge in [-0.25, -0.2) is 0 Å². The van der Waals surface area contributed by atoms with Crippen LogP contribution in [-0.4, -0.2) is 21.3 Å². The van der Waals surface area contributed by atoms with Crippen LogP contribution in [-0.2, 0) is 13.5 Å². The number of rotatable bonds is 5. The highest BCUT2D eigenvalue weighted by Gasteiger charge is 2.08. The molecule has 0 amide bonds. The number of fused-ring (bicyclic) bond motifs is 1. The van der Waals surface area contributed by atoms with Crippen molar-refractivity contribution in [2.24, 2.45) is 7.05 Å². The molecular formula is C17H20N4. The fraction of sp³-hybridized carbons (Fsp3) is 0.294. The lowest BCUT2D eigenvalue weighted by Crippen LogP contribution is -2.23. The molecule has 0 aliphatic heterocycles. The molecule has 2 heterocycles. The molecule has 0 saturated carbocycles. The molecule has 0 aliphatic rings. The molecule has 0 aliphatic carbocycles. The Bertz CT molecular complexity index is 727. The lowest BCUT2D eigenvalue weighted by molar-refractivity contribution is 0.533. The maximum Gasteiger partial charge on any atom is 0.0734 e. The third-order valence-corrected chi connectivity index (χ3v) is 3.86. The van der Waals surface area contributed by atoms with Crippen molar-refractivity contribution in [3.63, 3.8) is 0 Å². The summed E-state index contributed by atoms with van der Waals surface area (Å²) in [7, 11) is 1.97. The average Bonchev–Trinajstić information content (AvgIpc) is 2.93. The highest BCUT2D eigenvalue weighted by molar-refractivity contribution is 5.81. The molecule has 108 valence electrons. The van der Waals surface area contributed by atoms with Crippen molar-refractivity contribution < 1.29 is 0 Å². The van der Waals surface area contributed by atoms with Crippen LogP contribution in [0.1, 0.15) is 24.2 Å². The van der Waals surface area contributed by atoms with E-state index in [0.29, 0.717) is 6.04 Å². The van der Waals surface area contributed by atoms with Gasteiger partial charge in [0.2, 0.25) is 0 Å². The lowest BCUT2D eigenvalue weighted by atomic mass is 10.1. The summed E-state index contributed by atoms with van der Waals surface area (Å²) in [5, 5.41) is 8.97. The third-order valence-electron chi connectivity index (χ3n) is 3.86. The van der Waals surface area contributed by atoms with Crippen molar-refractivity contribution in [3.05, 3.63) is 60.0 Å². The second-order valence-electron chi connectivity index (χ2n) is 5.30. The quantitative estimate of drug-likeness (QED) is 0.781. The first-order chi connectivity index (χ1) is 10.3. The van der Waals surface area contributed by atoms with Crippen LogP contribution in [0.3, 0.4) is 0 Å². The summed E-state index contributed by atoms with van der Waals surface area (Å²) in [6, 6.07) is 12.8. The van der Waals surface area contributed by atoms with Crippen LogP contribution in [0.4, 0.5) is 0 Å². The zero-order chi connectivity index (χ0) is 14.7. The van der Waals surface area contributed by atoms with E-state index in [1.54, 1.807) is 0 Å². The van der Waals surface area contributed by atoms with Crippen molar-refractivity contribution in [3.8, 4) is 0 Å². The minimum absolute atomic E-state index is 0.292. The van der Waals surface area contributed by atoms with E-state index in [-0.39, 0.29) is 0 Å². The van der Waals surface area contributed by atoms with Crippen molar-refractivity contribution in [1.29, 1.82) is 0 Å². The van der Waals surface area contributed by atoms with Crippen molar-refractivity contribution in [2.75, 3.05) is 6.54 Å².